The lowest BCUT2D eigenvalue weighted by molar-refractivity contribution is -0.113. The molecule has 0 aliphatic carbocycles. The molecular formula is C17H13ClF2N4OS. The molecule has 0 radical (unpaired) electrons. The summed E-state index contributed by atoms with van der Waals surface area (Å²) in [7, 11) is 0. The van der Waals surface area contributed by atoms with Gasteiger partial charge in [-0.2, -0.15) is 0 Å². The largest absolute Gasteiger partial charge is 0.323 e. The Morgan fingerprint density at radius 3 is 2.81 bits per heavy atom. The highest BCUT2D eigenvalue weighted by molar-refractivity contribution is 7.99. The molecule has 1 heterocycles. The average Bonchev–Trinajstić information content (AvgIpc) is 3.06. The minimum atomic E-state index is -0.833. The Morgan fingerprint density at radius 1 is 1.27 bits per heavy atom. The van der Waals surface area contributed by atoms with Crippen molar-refractivity contribution in [1.82, 2.24) is 14.8 Å². The summed E-state index contributed by atoms with van der Waals surface area (Å²) >= 11 is 7.27. The quantitative estimate of drug-likeness (QED) is 0.657. The number of benzene rings is 2. The van der Waals surface area contributed by atoms with Crippen LogP contribution in [0.2, 0.25) is 5.02 Å². The molecule has 1 N–H and O–H groups in total. The van der Waals surface area contributed by atoms with Crippen LogP contribution in [0.15, 0.2) is 47.9 Å². The van der Waals surface area contributed by atoms with Crippen molar-refractivity contribution in [1.29, 1.82) is 0 Å². The number of rotatable bonds is 5. The molecule has 0 aliphatic heterocycles. The number of hydrogen-bond acceptors (Lipinski definition) is 4. The number of nitrogens with zero attached hydrogens (tertiary/aromatic N) is 3. The van der Waals surface area contributed by atoms with Gasteiger partial charge in [-0.3, -0.25) is 9.36 Å². The number of halogens is 3. The smallest absolute Gasteiger partial charge is 0.234 e. The number of amides is 1. The van der Waals surface area contributed by atoms with Gasteiger partial charge in [0, 0.05) is 11.1 Å². The Bertz CT molecular complexity index is 964. The summed E-state index contributed by atoms with van der Waals surface area (Å²) in [6, 6.07) is 8.46. The van der Waals surface area contributed by atoms with Crippen molar-refractivity contribution in [3.63, 3.8) is 0 Å². The van der Waals surface area contributed by atoms with E-state index in [0.717, 1.165) is 29.1 Å². The van der Waals surface area contributed by atoms with Crippen LogP contribution < -0.4 is 5.32 Å². The van der Waals surface area contributed by atoms with E-state index in [9.17, 15) is 13.6 Å². The summed E-state index contributed by atoms with van der Waals surface area (Å²) in [6.07, 6.45) is 1.51. The Balaban J connectivity index is 1.68. The van der Waals surface area contributed by atoms with Gasteiger partial charge in [-0.25, -0.2) is 8.78 Å². The standard InChI is InChI=1S/C17H13ClF2N4OS/c1-10-2-4-12(7-13(10)18)24-9-21-23-17(24)26-8-16(25)22-15-5-3-11(19)6-14(15)20/h2-7,9H,8H2,1H3,(H,22,25). The molecule has 9 heteroatoms. The van der Waals surface area contributed by atoms with E-state index >= 15 is 0 Å². The maximum absolute atomic E-state index is 13.6. The Labute approximate surface area is 157 Å². The first-order chi connectivity index (χ1) is 12.4. The molecule has 0 fully saturated rings. The van der Waals surface area contributed by atoms with Gasteiger partial charge in [0.25, 0.3) is 0 Å². The molecule has 3 aromatic rings. The highest BCUT2D eigenvalue weighted by Crippen LogP contribution is 2.24. The van der Waals surface area contributed by atoms with Crippen LogP contribution in [0.5, 0.6) is 0 Å². The molecule has 134 valence electrons. The van der Waals surface area contributed by atoms with Crippen molar-refractivity contribution >= 4 is 35.0 Å². The van der Waals surface area contributed by atoms with E-state index < -0.39 is 17.5 Å². The second kappa shape index (κ2) is 7.84. The number of thioether (sulfide) groups is 1. The van der Waals surface area contributed by atoms with E-state index in [0.29, 0.717) is 16.2 Å². The Kier molecular flexibility index (Phi) is 5.53. The first kappa shape index (κ1) is 18.3. The van der Waals surface area contributed by atoms with Gasteiger partial charge in [-0.15, -0.1) is 10.2 Å². The van der Waals surface area contributed by atoms with Crippen LogP contribution in [-0.2, 0) is 4.79 Å². The average molecular weight is 395 g/mol. The van der Waals surface area contributed by atoms with Crippen LogP contribution in [0.4, 0.5) is 14.5 Å². The molecule has 0 saturated heterocycles. The van der Waals surface area contributed by atoms with Crippen molar-refractivity contribution in [3.05, 3.63) is 64.9 Å². The molecule has 0 aliphatic rings. The summed E-state index contributed by atoms with van der Waals surface area (Å²) < 4.78 is 28.2. The number of aromatic nitrogens is 3. The van der Waals surface area contributed by atoms with Crippen molar-refractivity contribution < 1.29 is 13.6 Å². The molecule has 0 spiro atoms. The number of hydrogen-bond donors (Lipinski definition) is 1. The van der Waals surface area contributed by atoms with Gasteiger partial charge in [0.05, 0.1) is 17.1 Å². The highest BCUT2D eigenvalue weighted by Gasteiger charge is 2.13. The maximum atomic E-state index is 13.6. The van der Waals surface area contributed by atoms with Gasteiger partial charge < -0.3 is 5.32 Å². The zero-order valence-electron chi connectivity index (χ0n) is 13.5. The van der Waals surface area contributed by atoms with Gasteiger partial charge in [0.15, 0.2) is 5.16 Å². The van der Waals surface area contributed by atoms with Crippen LogP contribution in [0.1, 0.15) is 5.56 Å². The summed E-state index contributed by atoms with van der Waals surface area (Å²) in [4.78, 5) is 12.0. The van der Waals surface area contributed by atoms with Crippen LogP contribution >= 0.6 is 23.4 Å². The van der Waals surface area contributed by atoms with Crippen LogP contribution in [-0.4, -0.2) is 26.4 Å². The summed E-state index contributed by atoms with van der Waals surface area (Å²) in [5.41, 5.74) is 1.63. The SMILES string of the molecule is Cc1ccc(-n2cnnc2SCC(=O)Nc2ccc(F)cc2F)cc1Cl. The molecule has 3 rings (SSSR count). The number of carbonyl (C=O) groups is 1. The van der Waals surface area contributed by atoms with Gasteiger partial charge in [0.1, 0.15) is 18.0 Å². The van der Waals surface area contributed by atoms with E-state index in [4.69, 9.17) is 11.6 Å². The first-order valence-electron chi connectivity index (χ1n) is 7.48. The van der Waals surface area contributed by atoms with E-state index in [1.165, 1.54) is 12.4 Å². The lowest BCUT2D eigenvalue weighted by Gasteiger charge is -2.08. The third kappa shape index (κ3) is 4.20. The summed E-state index contributed by atoms with van der Waals surface area (Å²) in [5.74, 6) is -2.01. The molecule has 0 saturated carbocycles. The molecular weight excluding hydrogens is 382 g/mol. The van der Waals surface area contributed by atoms with Crippen LogP contribution in [0.25, 0.3) is 5.69 Å². The molecule has 0 atom stereocenters. The second-order valence-electron chi connectivity index (χ2n) is 5.38. The minimum absolute atomic E-state index is 0.0187. The molecule has 2 aromatic carbocycles. The van der Waals surface area contributed by atoms with Crippen molar-refractivity contribution in [2.45, 2.75) is 12.1 Å². The fourth-order valence-electron chi connectivity index (χ4n) is 2.14. The monoisotopic (exact) mass is 394 g/mol. The molecule has 5 nitrogen and oxygen atoms in total. The van der Waals surface area contributed by atoms with Gasteiger partial charge in [0.2, 0.25) is 5.91 Å². The number of carbonyl (C=O) groups excluding carboxylic acids is 1. The fraction of sp³-hybridized carbons (Fsp3) is 0.118. The topological polar surface area (TPSA) is 59.8 Å². The lowest BCUT2D eigenvalue weighted by atomic mass is 10.2. The molecule has 0 bridgehead atoms. The molecule has 1 aromatic heterocycles. The Morgan fingerprint density at radius 2 is 2.08 bits per heavy atom. The zero-order chi connectivity index (χ0) is 18.7. The zero-order valence-corrected chi connectivity index (χ0v) is 15.1. The number of aryl methyl sites for hydroxylation is 1. The van der Waals surface area contributed by atoms with Crippen LogP contribution in [0.3, 0.4) is 0 Å². The third-order valence-electron chi connectivity index (χ3n) is 3.49. The van der Waals surface area contributed by atoms with Gasteiger partial charge in [-0.1, -0.05) is 29.4 Å². The number of nitrogens with one attached hydrogen (secondary N) is 1. The predicted octanol–water partition coefficient (Wildman–Crippen LogP) is 4.24. The normalized spacial score (nSPS) is 10.8. The molecule has 0 unspecified atom stereocenters. The number of anilines is 1. The van der Waals surface area contributed by atoms with Gasteiger partial charge in [-0.05, 0) is 36.8 Å². The second-order valence-corrected chi connectivity index (χ2v) is 6.73. The van der Waals surface area contributed by atoms with Crippen molar-refractivity contribution in [2.75, 3.05) is 11.1 Å². The predicted molar refractivity (Wildman–Crippen MR) is 96.8 cm³/mol. The van der Waals surface area contributed by atoms with Gasteiger partial charge >= 0.3 is 0 Å². The van der Waals surface area contributed by atoms with Crippen molar-refractivity contribution in [2.24, 2.45) is 0 Å². The minimum Gasteiger partial charge on any atom is -0.323 e. The Hall–Kier alpha value is -2.45. The lowest BCUT2D eigenvalue weighted by Crippen LogP contribution is -2.15. The summed E-state index contributed by atoms with van der Waals surface area (Å²) in [5, 5.41) is 11.3. The summed E-state index contributed by atoms with van der Waals surface area (Å²) in [6.45, 7) is 1.90. The van der Waals surface area contributed by atoms with Crippen molar-refractivity contribution in [3.8, 4) is 5.69 Å². The maximum Gasteiger partial charge on any atom is 0.234 e. The first-order valence-corrected chi connectivity index (χ1v) is 8.84. The molecule has 26 heavy (non-hydrogen) atoms. The fourth-order valence-corrected chi connectivity index (χ4v) is 3.04. The molecule has 1 amide bonds. The van der Waals surface area contributed by atoms with E-state index in [1.54, 1.807) is 10.6 Å². The van der Waals surface area contributed by atoms with E-state index in [2.05, 4.69) is 15.5 Å². The highest BCUT2D eigenvalue weighted by atomic mass is 35.5. The third-order valence-corrected chi connectivity index (χ3v) is 4.84. The van der Waals surface area contributed by atoms with E-state index in [1.807, 2.05) is 19.1 Å². The van der Waals surface area contributed by atoms with Crippen LogP contribution in [0, 0.1) is 18.6 Å². The van der Waals surface area contributed by atoms with E-state index in [-0.39, 0.29) is 11.4 Å².